The smallest absolute Gasteiger partial charge is 0.208 e. The number of nitrogens with zero attached hydrogens (tertiary/aromatic N) is 1. The van der Waals surface area contributed by atoms with Crippen LogP contribution in [0.3, 0.4) is 0 Å². The third-order valence-corrected chi connectivity index (χ3v) is 0.751. The van der Waals surface area contributed by atoms with Crippen molar-refractivity contribution in [3.63, 3.8) is 0 Å². The fraction of sp³-hybridized carbons (Fsp3) is 0.400. The van der Waals surface area contributed by atoms with Gasteiger partial charge in [-0.3, -0.25) is 0 Å². The van der Waals surface area contributed by atoms with Crippen LogP contribution in [0.15, 0.2) is 17.6 Å². The van der Waals surface area contributed by atoms with Crippen molar-refractivity contribution in [1.29, 1.82) is 0 Å². The van der Waals surface area contributed by atoms with Crippen LogP contribution >= 0.6 is 0 Å². The van der Waals surface area contributed by atoms with Crippen LogP contribution in [0.4, 0.5) is 0 Å². The second-order valence-electron chi connectivity index (χ2n) is 1.24. The van der Waals surface area contributed by atoms with Crippen LogP contribution in [0.1, 0.15) is 1.37 Å². The van der Waals surface area contributed by atoms with E-state index in [0.29, 0.717) is 12.5 Å². The monoisotopic (exact) mass is 98.1 g/mol. The second kappa shape index (κ2) is 1.78. The van der Waals surface area contributed by atoms with Gasteiger partial charge in [0.05, 0.1) is 7.92 Å². The van der Waals surface area contributed by atoms with Gasteiger partial charge in [0.1, 0.15) is 6.61 Å². The fourth-order valence-electron chi connectivity index (χ4n) is 0.453. The summed E-state index contributed by atoms with van der Waals surface area (Å²) < 4.78 is 11.6. The van der Waals surface area contributed by atoms with Gasteiger partial charge in [-0.25, -0.2) is 4.99 Å². The van der Waals surface area contributed by atoms with Crippen molar-refractivity contribution < 1.29 is 6.11 Å². The van der Waals surface area contributed by atoms with Crippen LogP contribution in [-0.4, -0.2) is 19.0 Å². The summed E-state index contributed by atoms with van der Waals surface area (Å²) in [5.74, 6) is 0.583. The van der Waals surface area contributed by atoms with E-state index in [1.165, 1.54) is 12.6 Å². The molecule has 1 aliphatic rings. The molecule has 7 heavy (non-hydrogen) atoms. The molecule has 0 amide bonds. The molecule has 0 aromatic rings. The molecule has 1 rings (SSSR count). The summed E-state index contributed by atoms with van der Waals surface area (Å²) in [6.07, 6.45) is 1.53. The average molecular weight is 98.1 g/mol. The van der Waals surface area contributed by atoms with Crippen molar-refractivity contribution in [2.24, 2.45) is 4.99 Å². The van der Waals surface area contributed by atoms with Crippen LogP contribution in [0, 0.1) is 0 Å². The molecule has 0 bridgehead atoms. The van der Waals surface area contributed by atoms with Gasteiger partial charge in [0.25, 0.3) is 0 Å². The maximum atomic E-state index is 6.63. The number of aliphatic imine (C=N–C) groups is 1. The van der Waals surface area contributed by atoms with Crippen LogP contribution in [-0.2, 0) is 4.74 Å². The van der Waals surface area contributed by atoms with Gasteiger partial charge < -0.3 is 4.74 Å². The number of ether oxygens (including phenoxy) is 1. The second-order valence-corrected chi connectivity index (χ2v) is 1.24. The Labute approximate surface area is 43.9 Å². The van der Waals surface area contributed by atoms with Crippen molar-refractivity contribution in [2.45, 2.75) is 0 Å². The van der Waals surface area contributed by atoms with Crippen LogP contribution in [0.2, 0.25) is 0 Å². The van der Waals surface area contributed by atoms with Crippen LogP contribution < -0.4 is 0 Å². The molecular weight excluding hydrogens is 90.1 g/mol. The highest BCUT2D eigenvalue weighted by Crippen LogP contribution is 1.92. The lowest BCUT2D eigenvalue weighted by molar-refractivity contribution is 0.350. The van der Waals surface area contributed by atoms with E-state index in [2.05, 4.69) is 4.99 Å². The minimum Gasteiger partial charge on any atom is -0.476 e. The summed E-state index contributed by atoms with van der Waals surface area (Å²) in [6, 6.07) is 0. The Morgan fingerprint density at radius 3 is 3.71 bits per heavy atom. The highest BCUT2D eigenvalue weighted by atomic mass is 16.5. The van der Waals surface area contributed by atoms with Gasteiger partial charge in [-0.15, -0.1) is 0 Å². The Bertz CT molecular complexity index is 130. The van der Waals surface area contributed by atoms with Gasteiger partial charge in [-0.2, -0.15) is 0 Å². The maximum absolute atomic E-state index is 6.63. The molecule has 1 heterocycles. The van der Waals surface area contributed by atoms with E-state index < -0.39 is 0 Å². The van der Waals surface area contributed by atoms with Crippen LogP contribution in [0.25, 0.3) is 0 Å². The predicted octanol–water partition coefficient (Wildman–Crippen LogP) is 0.601. The largest absolute Gasteiger partial charge is 0.476 e. The molecule has 0 N–H and O–H groups in total. The zero-order chi connectivity index (χ0) is 5.82. The molecule has 0 aliphatic carbocycles. The Hall–Kier alpha value is -0.790. The molecule has 0 unspecified atom stereocenters. The summed E-state index contributed by atoms with van der Waals surface area (Å²) in [6.45, 7) is 2.57. The SMILES string of the molecule is [2H]C=CC1=NCCO1. The van der Waals surface area contributed by atoms with Crippen molar-refractivity contribution >= 4 is 5.90 Å². The first-order valence-corrected chi connectivity index (χ1v) is 2.15. The van der Waals surface area contributed by atoms with Gasteiger partial charge >= 0.3 is 0 Å². The summed E-state index contributed by atoms with van der Waals surface area (Å²) >= 11 is 0. The van der Waals surface area contributed by atoms with Crippen LogP contribution in [0.5, 0.6) is 0 Å². The van der Waals surface area contributed by atoms with E-state index in [1.54, 1.807) is 0 Å². The highest BCUT2D eigenvalue weighted by molar-refractivity contribution is 5.87. The molecule has 0 radical (unpaired) electrons. The number of hydrogen-bond donors (Lipinski definition) is 0. The van der Waals surface area contributed by atoms with E-state index in [-0.39, 0.29) is 0 Å². The van der Waals surface area contributed by atoms with E-state index in [0.717, 1.165) is 6.54 Å². The molecule has 1 aliphatic heterocycles. The van der Waals surface area contributed by atoms with E-state index in [1.807, 2.05) is 0 Å². The minimum atomic E-state index is 0.583. The maximum Gasteiger partial charge on any atom is 0.208 e. The zero-order valence-electron chi connectivity index (χ0n) is 4.92. The standard InChI is InChI=1S/C5H7NO/c1-2-5-6-3-4-7-5/h2H,1,3-4H2/i1D. The van der Waals surface area contributed by atoms with Gasteiger partial charge in [0, 0.05) is 0 Å². The Morgan fingerprint density at radius 1 is 2.14 bits per heavy atom. The molecule has 0 atom stereocenters. The molecule has 0 saturated carbocycles. The lowest BCUT2D eigenvalue weighted by atomic mass is 10.6. The normalized spacial score (nSPS) is 21.7. The number of rotatable bonds is 1. The summed E-state index contributed by atoms with van der Waals surface area (Å²) in [5, 5.41) is 0. The zero-order valence-corrected chi connectivity index (χ0v) is 3.92. The molecule has 2 nitrogen and oxygen atoms in total. The molecule has 38 valence electrons. The van der Waals surface area contributed by atoms with Crippen molar-refractivity contribution in [3.05, 3.63) is 12.6 Å². The quantitative estimate of drug-likeness (QED) is 0.470. The lowest BCUT2D eigenvalue weighted by Gasteiger charge is -1.87. The first kappa shape index (κ1) is 3.24. The molecule has 0 fully saturated rings. The van der Waals surface area contributed by atoms with Crippen molar-refractivity contribution in [3.8, 4) is 0 Å². The minimum absolute atomic E-state index is 0.583. The average Bonchev–Trinajstić information content (AvgIpc) is 2.19. The Balaban J connectivity index is 2.45. The van der Waals surface area contributed by atoms with Gasteiger partial charge in [-0.1, -0.05) is 6.55 Å². The summed E-state index contributed by atoms with van der Waals surface area (Å²) in [4.78, 5) is 3.91. The lowest BCUT2D eigenvalue weighted by Crippen LogP contribution is -1.91. The predicted molar refractivity (Wildman–Crippen MR) is 28.5 cm³/mol. The molecule has 0 aromatic carbocycles. The molecule has 0 saturated heterocycles. The van der Waals surface area contributed by atoms with E-state index in [9.17, 15) is 0 Å². The van der Waals surface area contributed by atoms with Crippen molar-refractivity contribution in [2.75, 3.05) is 13.2 Å². The molecule has 0 aromatic heterocycles. The topological polar surface area (TPSA) is 21.6 Å². The van der Waals surface area contributed by atoms with E-state index in [4.69, 9.17) is 6.11 Å². The third kappa shape index (κ3) is 0.796. The molecule has 0 spiro atoms. The number of hydrogen-bond acceptors (Lipinski definition) is 2. The summed E-state index contributed by atoms with van der Waals surface area (Å²) in [7, 11) is 0. The van der Waals surface area contributed by atoms with Gasteiger partial charge in [-0.05, 0) is 6.08 Å². The first-order chi connectivity index (χ1) is 3.93. The van der Waals surface area contributed by atoms with Gasteiger partial charge in [0.15, 0.2) is 0 Å². The summed E-state index contributed by atoms with van der Waals surface area (Å²) in [5.41, 5.74) is 0. The fourth-order valence-corrected chi connectivity index (χ4v) is 0.453. The Kier molecular flexibility index (Phi) is 0.823. The van der Waals surface area contributed by atoms with Gasteiger partial charge in [0.2, 0.25) is 5.90 Å². The Morgan fingerprint density at radius 2 is 3.14 bits per heavy atom. The van der Waals surface area contributed by atoms with Crippen molar-refractivity contribution in [1.82, 2.24) is 0 Å². The third-order valence-electron chi connectivity index (χ3n) is 0.751. The molecular formula is C5H7NO. The van der Waals surface area contributed by atoms with E-state index >= 15 is 0 Å². The highest BCUT2D eigenvalue weighted by Gasteiger charge is 1.98. The molecule has 2 heteroatoms. The first-order valence-electron chi connectivity index (χ1n) is 2.73.